The maximum Gasteiger partial charge on any atom is 0.241 e. The number of hydrogen-bond acceptors (Lipinski definition) is 7. The van der Waals surface area contributed by atoms with Gasteiger partial charge in [0.15, 0.2) is 0 Å². The average molecular weight is 441 g/mol. The number of carbonyl (C=O) groups is 1. The molecule has 1 aliphatic heterocycles. The first-order valence-electron chi connectivity index (χ1n) is 10.7. The fourth-order valence-corrected chi connectivity index (χ4v) is 4.56. The maximum atomic E-state index is 12.5. The first kappa shape index (κ1) is 21.5. The summed E-state index contributed by atoms with van der Waals surface area (Å²) >= 11 is 1.60. The van der Waals surface area contributed by atoms with E-state index in [-0.39, 0.29) is 11.8 Å². The summed E-state index contributed by atoms with van der Waals surface area (Å²) in [7, 11) is 1.69. The van der Waals surface area contributed by atoms with Crippen LogP contribution in [0.3, 0.4) is 0 Å². The van der Waals surface area contributed by atoms with Crippen molar-refractivity contribution in [2.75, 3.05) is 26.7 Å². The number of carbonyl (C=O) groups excluding carboxylic acids is 1. The number of nitrogens with zero attached hydrogens (tertiary/aromatic N) is 3. The number of aromatic nitrogens is 2. The number of likely N-dealkylation sites (tertiary alicyclic amines) is 1. The zero-order valence-corrected chi connectivity index (χ0v) is 18.6. The molecule has 0 spiro atoms. The fraction of sp³-hybridized carbons (Fsp3) is 0.435. The van der Waals surface area contributed by atoms with Crippen molar-refractivity contribution >= 4 is 17.2 Å². The SMILES string of the molecule is COc1ccccc1CCCNC(=O)C1CCN(Cc2nc(-c3cccs3)no2)CC1. The van der Waals surface area contributed by atoms with Gasteiger partial charge in [0, 0.05) is 12.5 Å². The van der Waals surface area contributed by atoms with Crippen LogP contribution in [0, 0.1) is 5.92 Å². The van der Waals surface area contributed by atoms with E-state index in [1.54, 1.807) is 18.4 Å². The number of benzene rings is 1. The van der Waals surface area contributed by atoms with Gasteiger partial charge in [-0.25, -0.2) is 0 Å². The minimum atomic E-state index is 0.0758. The summed E-state index contributed by atoms with van der Waals surface area (Å²) in [6, 6.07) is 12.0. The van der Waals surface area contributed by atoms with E-state index in [1.165, 1.54) is 5.56 Å². The molecule has 0 aliphatic carbocycles. The van der Waals surface area contributed by atoms with Gasteiger partial charge in [0.1, 0.15) is 5.75 Å². The quantitative estimate of drug-likeness (QED) is 0.510. The zero-order valence-electron chi connectivity index (χ0n) is 17.8. The lowest BCUT2D eigenvalue weighted by atomic mass is 9.96. The molecule has 0 atom stereocenters. The Kier molecular flexibility index (Phi) is 7.32. The summed E-state index contributed by atoms with van der Waals surface area (Å²) in [6.07, 6.45) is 3.49. The molecule has 3 heterocycles. The van der Waals surface area contributed by atoms with Crippen molar-refractivity contribution in [3.63, 3.8) is 0 Å². The Labute approximate surface area is 186 Å². The van der Waals surface area contributed by atoms with Crippen LogP contribution < -0.4 is 10.1 Å². The van der Waals surface area contributed by atoms with Crippen LogP contribution in [0.1, 0.15) is 30.7 Å². The molecule has 2 aromatic heterocycles. The van der Waals surface area contributed by atoms with Crippen LogP contribution in [-0.4, -0.2) is 47.7 Å². The van der Waals surface area contributed by atoms with Gasteiger partial charge in [0.25, 0.3) is 0 Å². The van der Waals surface area contributed by atoms with Gasteiger partial charge >= 0.3 is 0 Å². The average Bonchev–Trinajstić information content (AvgIpc) is 3.49. The number of thiophene rings is 1. The summed E-state index contributed by atoms with van der Waals surface area (Å²) in [5, 5.41) is 9.17. The fourth-order valence-electron chi connectivity index (χ4n) is 3.91. The van der Waals surface area contributed by atoms with Crippen molar-refractivity contribution in [1.29, 1.82) is 0 Å². The predicted molar refractivity (Wildman–Crippen MR) is 120 cm³/mol. The monoisotopic (exact) mass is 440 g/mol. The Morgan fingerprint density at radius 2 is 2.10 bits per heavy atom. The first-order chi connectivity index (χ1) is 15.2. The third kappa shape index (κ3) is 5.71. The van der Waals surface area contributed by atoms with E-state index in [0.717, 1.165) is 49.4 Å². The molecule has 8 heteroatoms. The van der Waals surface area contributed by atoms with Gasteiger partial charge < -0.3 is 14.6 Å². The Balaban J connectivity index is 1.16. The van der Waals surface area contributed by atoms with Crippen molar-refractivity contribution in [2.45, 2.75) is 32.2 Å². The smallest absolute Gasteiger partial charge is 0.241 e. The Hall–Kier alpha value is -2.71. The van der Waals surface area contributed by atoms with Crippen molar-refractivity contribution < 1.29 is 14.1 Å². The van der Waals surface area contributed by atoms with Gasteiger partial charge in [-0.15, -0.1) is 11.3 Å². The molecule has 1 fully saturated rings. The van der Waals surface area contributed by atoms with Gasteiger partial charge in [-0.2, -0.15) is 4.98 Å². The number of nitrogens with one attached hydrogen (secondary N) is 1. The Morgan fingerprint density at radius 3 is 2.87 bits per heavy atom. The molecule has 1 saturated heterocycles. The number of para-hydroxylation sites is 1. The number of amides is 1. The molecule has 0 unspecified atom stereocenters. The first-order valence-corrected chi connectivity index (χ1v) is 11.6. The van der Waals surface area contributed by atoms with Gasteiger partial charge in [0.05, 0.1) is 18.5 Å². The van der Waals surface area contributed by atoms with E-state index in [0.29, 0.717) is 24.8 Å². The van der Waals surface area contributed by atoms with E-state index in [4.69, 9.17) is 9.26 Å². The van der Waals surface area contributed by atoms with Crippen LogP contribution in [-0.2, 0) is 17.8 Å². The highest BCUT2D eigenvalue weighted by Gasteiger charge is 2.25. The number of ether oxygens (including phenoxy) is 1. The van der Waals surface area contributed by atoms with E-state index in [9.17, 15) is 4.79 Å². The number of hydrogen-bond donors (Lipinski definition) is 1. The second kappa shape index (κ2) is 10.5. The minimum Gasteiger partial charge on any atom is -0.496 e. The molecule has 1 aliphatic rings. The number of methoxy groups -OCH3 is 1. The van der Waals surface area contributed by atoms with Gasteiger partial charge in [-0.3, -0.25) is 9.69 Å². The lowest BCUT2D eigenvalue weighted by molar-refractivity contribution is -0.126. The van der Waals surface area contributed by atoms with Crippen molar-refractivity contribution in [3.8, 4) is 16.5 Å². The highest BCUT2D eigenvalue weighted by Crippen LogP contribution is 2.23. The lowest BCUT2D eigenvalue weighted by Gasteiger charge is -2.30. The van der Waals surface area contributed by atoms with Crippen LogP contribution >= 0.6 is 11.3 Å². The molecule has 0 radical (unpaired) electrons. The third-order valence-electron chi connectivity index (χ3n) is 5.64. The van der Waals surface area contributed by atoms with Gasteiger partial charge in [-0.05, 0) is 61.8 Å². The number of aryl methyl sites for hydroxylation is 1. The second-order valence-corrected chi connectivity index (χ2v) is 8.69. The summed E-state index contributed by atoms with van der Waals surface area (Å²) in [5.74, 6) is 2.42. The Morgan fingerprint density at radius 1 is 1.26 bits per heavy atom. The van der Waals surface area contributed by atoms with E-state index in [2.05, 4.69) is 26.4 Å². The molecular formula is C23H28N4O3S. The number of rotatable bonds is 9. The van der Waals surface area contributed by atoms with E-state index in [1.807, 2.05) is 35.7 Å². The molecule has 1 amide bonds. The van der Waals surface area contributed by atoms with E-state index >= 15 is 0 Å². The van der Waals surface area contributed by atoms with Gasteiger partial charge in [0.2, 0.25) is 17.6 Å². The van der Waals surface area contributed by atoms with Crippen molar-refractivity contribution in [2.24, 2.45) is 5.92 Å². The summed E-state index contributed by atoms with van der Waals surface area (Å²) in [5.41, 5.74) is 1.18. The van der Waals surface area contributed by atoms with E-state index < -0.39 is 0 Å². The molecule has 1 aromatic carbocycles. The standard InChI is InChI=1S/C23H28N4O3S/c1-29-19-8-3-2-6-17(19)7-4-12-24-23(28)18-10-13-27(14-11-18)16-21-25-22(26-30-21)20-9-5-15-31-20/h2-3,5-6,8-9,15,18H,4,7,10-14,16H2,1H3,(H,24,28). The van der Waals surface area contributed by atoms with Crippen LogP contribution in [0.2, 0.25) is 0 Å². The molecule has 7 nitrogen and oxygen atoms in total. The third-order valence-corrected chi connectivity index (χ3v) is 6.51. The molecule has 31 heavy (non-hydrogen) atoms. The Bertz CT molecular complexity index is 965. The summed E-state index contributed by atoms with van der Waals surface area (Å²) < 4.78 is 10.8. The molecule has 164 valence electrons. The molecule has 4 rings (SSSR count). The second-order valence-electron chi connectivity index (χ2n) is 7.75. The molecular weight excluding hydrogens is 412 g/mol. The highest BCUT2D eigenvalue weighted by molar-refractivity contribution is 7.13. The van der Waals surface area contributed by atoms with Crippen LogP contribution in [0.5, 0.6) is 5.75 Å². The van der Waals surface area contributed by atoms with Gasteiger partial charge in [-0.1, -0.05) is 29.4 Å². The minimum absolute atomic E-state index is 0.0758. The van der Waals surface area contributed by atoms with Crippen LogP contribution in [0.25, 0.3) is 10.7 Å². The molecule has 0 bridgehead atoms. The van der Waals surface area contributed by atoms with Crippen LogP contribution in [0.15, 0.2) is 46.3 Å². The maximum absolute atomic E-state index is 12.5. The van der Waals surface area contributed by atoms with Crippen molar-refractivity contribution in [3.05, 3.63) is 53.2 Å². The predicted octanol–water partition coefficient (Wildman–Crippen LogP) is 3.77. The lowest BCUT2D eigenvalue weighted by Crippen LogP contribution is -2.40. The van der Waals surface area contributed by atoms with Crippen LogP contribution in [0.4, 0.5) is 0 Å². The summed E-state index contributed by atoms with van der Waals surface area (Å²) in [6.45, 7) is 3.03. The molecule has 3 aromatic rings. The molecule has 1 N–H and O–H groups in total. The summed E-state index contributed by atoms with van der Waals surface area (Å²) in [4.78, 5) is 20.3. The topological polar surface area (TPSA) is 80.5 Å². The highest BCUT2D eigenvalue weighted by atomic mass is 32.1. The number of piperidine rings is 1. The largest absolute Gasteiger partial charge is 0.496 e. The normalized spacial score (nSPS) is 15.1. The van der Waals surface area contributed by atoms with Crippen molar-refractivity contribution in [1.82, 2.24) is 20.4 Å². The molecule has 0 saturated carbocycles. The zero-order chi connectivity index (χ0) is 21.5.